The molecule has 0 unspecified atom stereocenters. The molecule has 0 aromatic carbocycles. The van der Waals surface area contributed by atoms with Crippen LogP contribution < -0.4 is 10.2 Å². The van der Waals surface area contributed by atoms with Crippen molar-refractivity contribution in [2.24, 2.45) is 0 Å². The lowest BCUT2D eigenvalue weighted by atomic mass is 10.0. The molecule has 1 N–H and O–H groups in total. The quantitative estimate of drug-likeness (QED) is 0.839. The van der Waals surface area contributed by atoms with E-state index in [4.69, 9.17) is 0 Å². The molecule has 0 bridgehead atoms. The Morgan fingerprint density at radius 2 is 2.10 bits per heavy atom. The van der Waals surface area contributed by atoms with Crippen LogP contribution in [0.5, 0.6) is 0 Å². The largest absolute Gasteiger partial charge is 0.352 e. The van der Waals surface area contributed by atoms with Gasteiger partial charge in [0, 0.05) is 32.4 Å². The first-order chi connectivity index (χ1) is 9.84. The third kappa shape index (κ3) is 2.90. The van der Waals surface area contributed by atoms with Gasteiger partial charge in [-0.15, -0.1) is 5.10 Å². The van der Waals surface area contributed by atoms with Gasteiger partial charge in [-0.2, -0.15) is 5.10 Å². The van der Waals surface area contributed by atoms with Gasteiger partial charge in [-0.1, -0.05) is 6.42 Å². The molecule has 2 aliphatic rings. The van der Waals surface area contributed by atoms with E-state index < -0.39 is 0 Å². The maximum atomic E-state index is 12.4. The van der Waals surface area contributed by atoms with E-state index in [9.17, 15) is 4.79 Å². The second-order valence-electron chi connectivity index (χ2n) is 5.40. The minimum Gasteiger partial charge on any atom is -0.352 e. The van der Waals surface area contributed by atoms with Crippen LogP contribution in [-0.2, 0) is 4.79 Å². The van der Waals surface area contributed by atoms with Gasteiger partial charge in [-0.25, -0.2) is 0 Å². The van der Waals surface area contributed by atoms with Gasteiger partial charge in [0.25, 0.3) is 0 Å². The van der Waals surface area contributed by atoms with E-state index in [-0.39, 0.29) is 11.9 Å². The van der Waals surface area contributed by atoms with Gasteiger partial charge < -0.3 is 15.1 Å². The molecule has 1 aromatic rings. The fraction of sp³-hybridized carbons (Fsp3) is 0.643. The van der Waals surface area contributed by atoms with Crippen molar-refractivity contribution < 1.29 is 4.79 Å². The van der Waals surface area contributed by atoms with Gasteiger partial charge in [0.2, 0.25) is 5.91 Å². The monoisotopic (exact) mass is 275 g/mol. The highest BCUT2D eigenvalue weighted by molar-refractivity contribution is 5.82. The van der Waals surface area contributed by atoms with Crippen molar-refractivity contribution >= 4 is 11.7 Å². The van der Waals surface area contributed by atoms with Crippen molar-refractivity contribution in [1.29, 1.82) is 0 Å². The predicted molar refractivity (Wildman–Crippen MR) is 76.5 cm³/mol. The summed E-state index contributed by atoms with van der Waals surface area (Å²) in [4.78, 5) is 16.6. The number of carbonyl (C=O) groups excluding carboxylic acids is 1. The standard InChI is InChI=1S/C14H21N5O/c20-14(12-4-1-2-6-15-12)19-10-8-18(9-11-19)13-5-3-7-16-17-13/h3,5,7,12,15H,1-2,4,6,8-11H2/t12-/m1/s1. The third-order valence-electron chi connectivity index (χ3n) is 4.08. The zero-order chi connectivity index (χ0) is 13.8. The molecule has 108 valence electrons. The van der Waals surface area contributed by atoms with Crippen LogP contribution in [0.1, 0.15) is 19.3 Å². The zero-order valence-corrected chi connectivity index (χ0v) is 11.7. The molecule has 6 heteroatoms. The van der Waals surface area contributed by atoms with Crippen molar-refractivity contribution in [2.45, 2.75) is 25.3 Å². The summed E-state index contributed by atoms with van der Waals surface area (Å²) in [6, 6.07) is 3.89. The van der Waals surface area contributed by atoms with Gasteiger partial charge in [0.05, 0.1) is 6.04 Å². The minimum atomic E-state index is 0.0341. The summed E-state index contributed by atoms with van der Waals surface area (Å²) in [5.41, 5.74) is 0. The highest BCUT2D eigenvalue weighted by Crippen LogP contribution is 2.14. The van der Waals surface area contributed by atoms with Crippen LogP contribution in [0, 0.1) is 0 Å². The Kier molecular flexibility index (Phi) is 4.11. The maximum Gasteiger partial charge on any atom is 0.239 e. The van der Waals surface area contributed by atoms with Crippen LogP contribution in [0.25, 0.3) is 0 Å². The summed E-state index contributed by atoms with van der Waals surface area (Å²) in [5, 5.41) is 11.4. The Labute approximate surface area is 119 Å². The number of nitrogens with zero attached hydrogens (tertiary/aromatic N) is 4. The Balaban J connectivity index is 1.54. The van der Waals surface area contributed by atoms with Crippen LogP contribution >= 0.6 is 0 Å². The van der Waals surface area contributed by atoms with E-state index in [0.29, 0.717) is 0 Å². The molecule has 0 aliphatic carbocycles. The molecule has 20 heavy (non-hydrogen) atoms. The number of rotatable bonds is 2. The number of piperidine rings is 1. The lowest BCUT2D eigenvalue weighted by Gasteiger charge is -2.37. The van der Waals surface area contributed by atoms with E-state index in [1.54, 1.807) is 6.20 Å². The molecule has 3 rings (SSSR count). The summed E-state index contributed by atoms with van der Waals surface area (Å²) in [6.07, 6.45) is 4.99. The van der Waals surface area contributed by atoms with E-state index in [1.165, 1.54) is 6.42 Å². The van der Waals surface area contributed by atoms with E-state index in [1.807, 2.05) is 17.0 Å². The van der Waals surface area contributed by atoms with Crippen LogP contribution in [-0.4, -0.2) is 59.8 Å². The molecular weight excluding hydrogens is 254 g/mol. The maximum absolute atomic E-state index is 12.4. The van der Waals surface area contributed by atoms with E-state index in [2.05, 4.69) is 20.4 Å². The summed E-state index contributed by atoms with van der Waals surface area (Å²) in [5.74, 6) is 1.17. The number of hydrogen-bond acceptors (Lipinski definition) is 5. The second kappa shape index (κ2) is 6.17. The van der Waals surface area contributed by atoms with Gasteiger partial charge in [-0.05, 0) is 31.5 Å². The molecule has 1 atom stereocenters. The summed E-state index contributed by atoms with van der Waals surface area (Å²) < 4.78 is 0. The van der Waals surface area contributed by atoms with Crippen molar-refractivity contribution in [3.05, 3.63) is 18.3 Å². The van der Waals surface area contributed by atoms with Crippen LogP contribution in [0.3, 0.4) is 0 Å². The number of aromatic nitrogens is 2. The number of anilines is 1. The molecule has 0 saturated carbocycles. The first-order valence-corrected chi connectivity index (χ1v) is 7.39. The summed E-state index contributed by atoms with van der Waals surface area (Å²) in [7, 11) is 0. The SMILES string of the molecule is O=C([C@H]1CCCCN1)N1CCN(c2cccnn2)CC1. The van der Waals surface area contributed by atoms with Crippen molar-refractivity contribution in [1.82, 2.24) is 20.4 Å². The third-order valence-corrected chi connectivity index (χ3v) is 4.08. The first kappa shape index (κ1) is 13.3. The Bertz CT molecular complexity index is 438. The molecule has 6 nitrogen and oxygen atoms in total. The molecule has 2 fully saturated rings. The number of amides is 1. The number of carbonyl (C=O) groups is 1. The summed E-state index contributed by atoms with van der Waals surface area (Å²) >= 11 is 0. The number of nitrogens with one attached hydrogen (secondary N) is 1. The smallest absolute Gasteiger partial charge is 0.239 e. The first-order valence-electron chi connectivity index (χ1n) is 7.39. The lowest BCUT2D eigenvalue weighted by Crippen LogP contribution is -2.55. The Morgan fingerprint density at radius 1 is 1.25 bits per heavy atom. The molecule has 0 radical (unpaired) electrons. The number of piperazine rings is 1. The molecular formula is C14H21N5O. The van der Waals surface area contributed by atoms with E-state index >= 15 is 0 Å². The Hall–Kier alpha value is -1.69. The van der Waals surface area contributed by atoms with Crippen LogP contribution in [0.4, 0.5) is 5.82 Å². The minimum absolute atomic E-state index is 0.0341. The average molecular weight is 275 g/mol. The highest BCUT2D eigenvalue weighted by Gasteiger charge is 2.28. The van der Waals surface area contributed by atoms with E-state index in [0.717, 1.165) is 51.4 Å². The molecule has 1 amide bonds. The van der Waals surface area contributed by atoms with Crippen molar-refractivity contribution in [3.63, 3.8) is 0 Å². The fourth-order valence-electron chi connectivity index (χ4n) is 2.90. The number of hydrogen-bond donors (Lipinski definition) is 1. The zero-order valence-electron chi connectivity index (χ0n) is 11.7. The van der Waals surface area contributed by atoms with Crippen LogP contribution in [0.15, 0.2) is 18.3 Å². The van der Waals surface area contributed by atoms with Gasteiger partial charge >= 0.3 is 0 Å². The van der Waals surface area contributed by atoms with Crippen LogP contribution in [0.2, 0.25) is 0 Å². The highest BCUT2D eigenvalue weighted by atomic mass is 16.2. The summed E-state index contributed by atoms with van der Waals surface area (Å²) in [6.45, 7) is 4.17. The van der Waals surface area contributed by atoms with Gasteiger partial charge in [0.15, 0.2) is 5.82 Å². The van der Waals surface area contributed by atoms with Crippen molar-refractivity contribution in [2.75, 3.05) is 37.6 Å². The average Bonchev–Trinajstić information content (AvgIpc) is 2.56. The predicted octanol–water partition coefficient (Wildman–Crippen LogP) is 0.267. The van der Waals surface area contributed by atoms with Crippen molar-refractivity contribution in [3.8, 4) is 0 Å². The fourth-order valence-corrected chi connectivity index (χ4v) is 2.90. The molecule has 2 aliphatic heterocycles. The molecule has 0 spiro atoms. The molecule has 2 saturated heterocycles. The lowest BCUT2D eigenvalue weighted by molar-refractivity contribution is -0.134. The van der Waals surface area contributed by atoms with Gasteiger partial charge in [0.1, 0.15) is 0 Å². The second-order valence-corrected chi connectivity index (χ2v) is 5.40. The Morgan fingerprint density at radius 3 is 2.75 bits per heavy atom. The van der Waals surface area contributed by atoms with Gasteiger partial charge in [-0.3, -0.25) is 4.79 Å². The topological polar surface area (TPSA) is 61.4 Å². The molecule has 1 aromatic heterocycles. The molecule has 3 heterocycles. The normalized spacial score (nSPS) is 23.7.